The number of carbonyl (C=O) groups excluding carboxylic acids is 2. The molecule has 1 heterocycles. The van der Waals surface area contributed by atoms with Crippen molar-refractivity contribution in [3.05, 3.63) is 59.7 Å². The van der Waals surface area contributed by atoms with Gasteiger partial charge in [-0.2, -0.15) is 0 Å². The Morgan fingerprint density at radius 2 is 1.68 bits per heavy atom. The molecule has 0 unspecified atom stereocenters. The van der Waals surface area contributed by atoms with Crippen molar-refractivity contribution in [1.29, 1.82) is 0 Å². The number of Topliss-reactive ketones (excluding diaryl/α,β-unsaturated/α-hetero) is 1. The minimum absolute atomic E-state index is 0.0101. The highest BCUT2D eigenvalue weighted by Gasteiger charge is 2.19. The number of carbonyl (C=O) groups is 2. The van der Waals surface area contributed by atoms with Gasteiger partial charge in [-0.1, -0.05) is 24.3 Å². The van der Waals surface area contributed by atoms with Gasteiger partial charge in [0.25, 0.3) is 0 Å². The van der Waals surface area contributed by atoms with Gasteiger partial charge in [-0.05, 0) is 36.8 Å². The van der Waals surface area contributed by atoms with Gasteiger partial charge in [0.1, 0.15) is 5.75 Å². The van der Waals surface area contributed by atoms with Crippen molar-refractivity contribution in [3.8, 4) is 5.75 Å². The fourth-order valence-corrected chi connectivity index (χ4v) is 3.31. The SMILES string of the molecule is COc1ccc(CN2CCN(CC(=O)Nc3cccc(C(C)=O)c3)CC2)cc1. The largest absolute Gasteiger partial charge is 0.497 e. The van der Waals surface area contributed by atoms with E-state index in [9.17, 15) is 9.59 Å². The number of rotatable bonds is 7. The molecule has 1 saturated heterocycles. The Morgan fingerprint density at radius 1 is 1.00 bits per heavy atom. The number of methoxy groups -OCH3 is 1. The van der Waals surface area contributed by atoms with Crippen LogP contribution in [0.2, 0.25) is 0 Å². The summed E-state index contributed by atoms with van der Waals surface area (Å²) in [5.74, 6) is 0.807. The van der Waals surface area contributed by atoms with E-state index >= 15 is 0 Å². The quantitative estimate of drug-likeness (QED) is 0.747. The Kier molecular flexibility index (Phi) is 6.79. The molecule has 1 aliphatic heterocycles. The zero-order chi connectivity index (χ0) is 19.9. The molecule has 1 aliphatic rings. The number of anilines is 1. The predicted molar refractivity (Wildman–Crippen MR) is 110 cm³/mol. The van der Waals surface area contributed by atoms with Crippen LogP contribution in [0.5, 0.6) is 5.75 Å². The third-order valence-electron chi connectivity index (χ3n) is 4.95. The van der Waals surface area contributed by atoms with E-state index in [0.29, 0.717) is 17.8 Å². The summed E-state index contributed by atoms with van der Waals surface area (Å²) in [5, 5.41) is 2.89. The normalized spacial score (nSPS) is 15.2. The van der Waals surface area contributed by atoms with Crippen LogP contribution in [0, 0.1) is 0 Å². The van der Waals surface area contributed by atoms with E-state index in [4.69, 9.17) is 4.74 Å². The van der Waals surface area contributed by atoms with E-state index in [1.165, 1.54) is 12.5 Å². The van der Waals surface area contributed by atoms with E-state index in [1.54, 1.807) is 31.4 Å². The first-order chi connectivity index (χ1) is 13.5. The topological polar surface area (TPSA) is 61.9 Å². The molecule has 0 spiro atoms. The molecular weight excluding hydrogens is 354 g/mol. The minimum atomic E-state index is -0.0516. The Labute approximate surface area is 166 Å². The highest BCUT2D eigenvalue weighted by molar-refractivity contribution is 5.97. The maximum Gasteiger partial charge on any atom is 0.238 e. The maximum absolute atomic E-state index is 12.3. The summed E-state index contributed by atoms with van der Waals surface area (Å²) in [6.07, 6.45) is 0. The molecule has 0 aromatic heterocycles. The first-order valence-corrected chi connectivity index (χ1v) is 9.52. The Hall–Kier alpha value is -2.70. The Bertz CT molecular complexity index is 812. The summed E-state index contributed by atoms with van der Waals surface area (Å²) < 4.78 is 5.20. The van der Waals surface area contributed by atoms with Crippen LogP contribution in [0.4, 0.5) is 5.69 Å². The molecule has 148 valence electrons. The van der Waals surface area contributed by atoms with Crippen molar-refractivity contribution in [2.45, 2.75) is 13.5 Å². The lowest BCUT2D eigenvalue weighted by molar-refractivity contribution is -0.117. The number of ether oxygens (including phenoxy) is 1. The van der Waals surface area contributed by atoms with Gasteiger partial charge in [0, 0.05) is 44.0 Å². The molecule has 1 fully saturated rings. The third kappa shape index (κ3) is 5.65. The first kappa shape index (κ1) is 20.0. The molecule has 3 rings (SSSR count). The number of hydrogen-bond donors (Lipinski definition) is 1. The number of hydrogen-bond acceptors (Lipinski definition) is 5. The van der Waals surface area contributed by atoms with Crippen molar-refractivity contribution in [2.24, 2.45) is 0 Å². The lowest BCUT2D eigenvalue weighted by Gasteiger charge is -2.34. The van der Waals surface area contributed by atoms with Crippen LogP contribution >= 0.6 is 0 Å². The smallest absolute Gasteiger partial charge is 0.238 e. The van der Waals surface area contributed by atoms with Crippen molar-refractivity contribution < 1.29 is 14.3 Å². The van der Waals surface area contributed by atoms with E-state index in [0.717, 1.165) is 38.5 Å². The molecule has 2 aromatic rings. The average Bonchev–Trinajstić information content (AvgIpc) is 2.70. The number of piperazine rings is 1. The van der Waals surface area contributed by atoms with Crippen LogP contribution in [0.15, 0.2) is 48.5 Å². The molecular formula is C22H27N3O3. The van der Waals surface area contributed by atoms with Crippen molar-refractivity contribution >= 4 is 17.4 Å². The third-order valence-corrected chi connectivity index (χ3v) is 4.95. The summed E-state index contributed by atoms with van der Waals surface area (Å²) in [4.78, 5) is 28.4. The first-order valence-electron chi connectivity index (χ1n) is 9.52. The molecule has 6 heteroatoms. The van der Waals surface area contributed by atoms with Crippen molar-refractivity contribution in [1.82, 2.24) is 9.80 Å². The van der Waals surface area contributed by atoms with Crippen LogP contribution in [-0.4, -0.2) is 61.3 Å². The van der Waals surface area contributed by atoms with Gasteiger partial charge in [0.05, 0.1) is 13.7 Å². The van der Waals surface area contributed by atoms with Crippen LogP contribution in [0.25, 0.3) is 0 Å². The number of nitrogens with zero attached hydrogens (tertiary/aromatic N) is 2. The molecule has 6 nitrogen and oxygen atoms in total. The van der Waals surface area contributed by atoms with Gasteiger partial charge in [-0.25, -0.2) is 0 Å². The van der Waals surface area contributed by atoms with Gasteiger partial charge in [-0.15, -0.1) is 0 Å². The molecule has 0 bridgehead atoms. The van der Waals surface area contributed by atoms with Crippen LogP contribution in [-0.2, 0) is 11.3 Å². The van der Waals surface area contributed by atoms with Crippen LogP contribution in [0.3, 0.4) is 0 Å². The number of ketones is 1. The molecule has 28 heavy (non-hydrogen) atoms. The molecule has 1 amide bonds. The van der Waals surface area contributed by atoms with Crippen molar-refractivity contribution in [2.75, 3.05) is 45.2 Å². The average molecular weight is 381 g/mol. The minimum Gasteiger partial charge on any atom is -0.497 e. The fraction of sp³-hybridized carbons (Fsp3) is 0.364. The summed E-state index contributed by atoms with van der Waals surface area (Å²) in [6.45, 7) is 6.36. The second-order valence-electron chi connectivity index (χ2n) is 7.09. The van der Waals surface area contributed by atoms with Gasteiger partial charge >= 0.3 is 0 Å². The summed E-state index contributed by atoms with van der Waals surface area (Å²) in [5.41, 5.74) is 2.53. The second-order valence-corrected chi connectivity index (χ2v) is 7.09. The standard InChI is InChI=1S/C22H27N3O3/c1-17(26)19-4-3-5-20(14-19)23-22(27)16-25-12-10-24(11-13-25)15-18-6-8-21(28-2)9-7-18/h3-9,14H,10-13,15-16H2,1-2H3,(H,23,27). The Morgan fingerprint density at radius 3 is 2.32 bits per heavy atom. The van der Waals surface area contributed by atoms with Crippen molar-refractivity contribution in [3.63, 3.8) is 0 Å². The lowest BCUT2D eigenvalue weighted by atomic mass is 10.1. The van der Waals surface area contributed by atoms with Gasteiger partial charge < -0.3 is 10.1 Å². The van der Waals surface area contributed by atoms with Gasteiger partial charge in [-0.3, -0.25) is 19.4 Å². The highest BCUT2D eigenvalue weighted by atomic mass is 16.5. The van der Waals surface area contributed by atoms with E-state index in [2.05, 4.69) is 27.2 Å². The van der Waals surface area contributed by atoms with E-state index in [-0.39, 0.29) is 11.7 Å². The monoisotopic (exact) mass is 381 g/mol. The number of amides is 1. The molecule has 1 N–H and O–H groups in total. The van der Waals surface area contributed by atoms with E-state index in [1.807, 2.05) is 12.1 Å². The molecule has 0 atom stereocenters. The summed E-state index contributed by atoms with van der Waals surface area (Å²) in [7, 11) is 1.67. The number of benzene rings is 2. The summed E-state index contributed by atoms with van der Waals surface area (Å²) >= 11 is 0. The zero-order valence-electron chi connectivity index (χ0n) is 16.5. The molecule has 0 saturated carbocycles. The predicted octanol–water partition coefficient (Wildman–Crippen LogP) is 2.65. The van der Waals surface area contributed by atoms with Gasteiger partial charge in [0.15, 0.2) is 5.78 Å². The van der Waals surface area contributed by atoms with Gasteiger partial charge in [0.2, 0.25) is 5.91 Å². The fourth-order valence-electron chi connectivity index (χ4n) is 3.31. The van der Waals surface area contributed by atoms with Crippen LogP contribution < -0.4 is 10.1 Å². The maximum atomic E-state index is 12.3. The highest BCUT2D eigenvalue weighted by Crippen LogP contribution is 2.15. The number of nitrogens with one attached hydrogen (secondary N) is 1. The molecule has 0 radical (unpaired) electrons. The molecule has 0 aliphatic carbocycles. The van der Waals surface area contributed by atoms with E-state index < -0.39 is 0 Å². The Balaban J connectivity index is 1.44. The zero-order valence-corrected chi connectivity index (χ0v) is 16.5. The summed E-state index contributed by atoms with van der Waals surface area (Å²) in [6, 6.07) is 15.2. The van der Waals surface area contributed by atoms with Crippen LogP contribution in [0.1, 0.15) is 22.8 Å². The lowest BCUT2D eigenvalue weighted by Crippen LogP contribution is -2.48. The molecule has 2 aromatic carbocycles. The second kappa shape index (κ2) is 9.48.